The lowest BCUT2D eigenvalue weighted by atomic mass is 9.98. The molecule has 0 radical (unpaired) electrons. The predicted molar refractivity (Wildman–Crippen MR) is 108 cm³/mol. The molecule has 0 aliphatic carbocycles. The fraction of sp³-hybridized carbons (Fsp3) is 0.318. The molecule has 3 rings (SSSR count). The van der Waals surface area contributed by atoms with Gasteiger partial charge in [-0.05, 0) is 36.2 Å². The monoisotopic (exact) mass is 393 g/mol. The quantitative estimate of drug-likeness (QED) is 0.763. The van der Waals surface area contributed by atoms with Crippen molar-refractivity contribution in [2.75, 3.05) is 20.7 Å². The highest BCUT2D eigenvalue weighted by atomic mass is 16.5. The summed E-state index contributed by atoms with van der Waals surface area (Å²) in [6, 6.07) is 8.62. The van der Waals surface area contributed by atoms with Crippen molar-refractivity contribution in [1.29, 1.82) is 0 Å². The first-order valence-electron chi connectivity index (χ1n) is 9.28. The summed E-state index contributed by atoms with van der Waals surface area (Å²) in [6.45, 7) is 2.44. The Bertz CT molecular complexity index is 1040. The number of rotatable bonds is 4. The minimum Gasteiger partial charge on any atom is -0.496 e. The van der Waals surface area contributed by atoms with Crippen LogP contribution in [0.3, 0.4) is 0 Å². The number of nitrogens with zero attached hydrogens (tertiary/aromatic N) is 2. The van der Waals surface area contributed by atoms with Gasteiger partial charge in [-0.2, -0.15) is 0 Å². The molecule has 1 aromatic heterocycles. The molecule has 29 heavy (non-hydrogen) atoms. The first kappa shape index (κ1) is 20.4. The summed E-state index contributed by atoms with van der Waals surface area (Å²) in [6.07, 6.45) is 0.939. The van der Waals surface area contributed by atoms with Gasteiger partial charge >= 0.3 is 0 Å². The van der Waals surface area contributed by atoms with E-state index in [0.717, 1.165) is 5.56 Å². The first-order chi connectivity index (χ1) is 13.8. The first-order valence-corrected chi connectivity index (χ1v) is 9.28. The number of carbonyl (C=O) groups is 2. The molecule has 2 aromatic rings. The number of methoxy groups -OCH3 is 1. The van der Waals surface area contributed by atoms with Gasteiger partial charge in [0.2, 0.25) is 5.60 Å². The molecular weight excluding hydrogens is 370 g/mol. The number of primary amides is 1. The van der Waals surface area contributed by atoms with E-state index in [2.05, 4.69) is 16.8 Å². The molecule has 1 aliphatic rings. The van der Waals surface area contributed by atoms with E-state index in [-0.39, 0.29) is 12.1 Å². The molecule has 2 heterocycles. The van der Waals surface area contributed by atoms with Gasteiger partial charge in [-0.25, -0.2) is 4.98 Å². The number of hydrogen-bond donors (Lipinski definition) is 2. The fourth-order valence-electron chi connectivity index (χ4n) is 3.32. The average Bonchev–Trinajstić information content (AvgIpc) is 2.99. The topological polar surface area (TPSA) is 106 Å². The molecule has 2 amide bonds. The summed E-state index contributed by atoms with van der Waals surface area (Å²) < 4.78 is 5.59. The van der Waals surface area contributed by atoms with Crippen LogP contribution in [0.25, 0.3) is 11.3 Å². The number of nitrogens with two attached hydrogens (primary N) is 1. The van der Waals surface area contributed by atoms with Crippen LogP contribution in [-0.2, 0) is 11.2 Å². The Labute approximate surface area is 169 Å². The fourth-order valence-corrected chi connectivity index (χ4v) is 3.32. The standard InChI is InChI=1S/C22H23N3O4/c1-4-15-12-14(8-9-22(28)10-11-25(2)21(22)27)13-16(19(15)29-3)17-6-5-7-18(24-17)20(23)26/h5-7,12-13,28H,4,10-11H2,1-3H3,(H2,23,26). The highest BCUT2D eigenvalue weighted by molar-refractivity contribution is 5.92. The number of hydrogen-bond acceptors (Lipinski definition) is 5. The SMILES string of the molecule is CCc1cc(C#CC2(O)CCN(C)C2=O)cc(-c2cccc(C(N)=O)n2)c1OC. The maximum absolute atomic E-state index is 12.2. The number of aliphatic hydroxyl groups is 1. The number of ether oxygens (including phenoxy) is 1. The lowest BCUT2D eigenvalue weighted by molar-refractivity contribution is -0.137. The molecule has 1 aromatic carbocycles. The third-order valence-corrected chi connectivity index (χ3v) is 4.95. The minimum absolute atomic E-state index is 0.146. The molecule has 1 fully saturated rings. The second kappa shape index (κ2) is 7.94. The summed E-state index contributed by atoms with van der Waals surface area (Å²) >= 11 is 0. The zero-order valence-electron chi connectivity index (χ0n) is 16.7. The van der Waals surface area contributed by atoms with Crippen LogP contribution in [0.1, 0.15) is 35.0 Å². The van der Waals surface area contributed by atoms with Crippen LogP contribution in [0.15, 0.2) is 30.3 Å². The lowest BCUT2D eigenvalue weighted by Gasteiger charge is -2.15. The second-order valence-electron chi connectivity index (χ2n) is 6.93. The number of aromatic nitrogens is 1. The molecule has 0 bridgehead atoms. The lowest BCUT2D eigenvalue weighted by Crippen LogP contribution is -2.37. The number of aryl methyl sites for hydroxylation is 1. The van der Waals surface area contributed by atoms with Crippen LogP contribution in [-0.4, -0.2) is 53.1 Å². The molecule has 7 heteroatoms. The summed E-state index contributed by atoms with van der Waals surface area (Å²) in [5.41, 5.74) is 6.50. The Morgan fingerprint density at radius 3 is 2.76 bits per heavy atom. The van der Waals surface area contributed by atoms with Crippen LogP contribution in [0.2, 0.25) is 0 Å². The van der Waals surface area contributed by atoms with Gasteiger partial charge in [0.05, 0.1) is 12.8 Å². The Kier molecular flexibility index (Phi) is 5.57. The summed E-state index contributed by atoms with van der Waals surface area (Å²) in [5, 5.41) is 10.5. The maximum atomic E-state index is 12.2. The van der Waals surface area contributed by atoms with Gasteiger partial charge in [-0.3, -0.25) is 9.59 Å². The molecule has 7 nitrogen and oxygen atoms in total. The number of carbonyl (C=O) groups excluding carboxylic acids is 2. The van der Waals surface area contributed by atoms with E-state index in [1.807, 2.05) is 13.0 Å². The number of benzene rings is 1. The second-order valence-corrected chi connectivity index (χ2v) is 6.93. The number of pyridine rings is 1. The molecule has 1 saturated heterocycles. The Morgan fingerprint density at radius 2 is 2.17 bits per heavy atom. The summed E-state index contributed by atoms with van der Waals surface area (Å²) in [4.78, 5) is 29.5. The van der Waals surface area contributed by atoms with E-state index >= 15 is 0 Å². The van der Waals surface area contributed by atoms with Crippen LogP contribution in [0, 0.1) is 11.8 Å². The van der Waals surface area contributed by atoms with Crippen LogP contribution in [0.5, 0.6) is 5.75 Å². The van der Waals surface area contributed by atoms with Crippen molar-refractivity contribution in [2.24, 2.45) is 5.73 Å². The number of amides is 2. The number of likely N-dealkylation sites (tertiary alicyclic amines) is 1. The van der Waals surface area contributed by atoms with Gasteiger partial charge in [0, 0.05) is 31.1 Å². The maximum Gasteiger partial charge on any atom is 0.267 e. The summed E-state index contributed by atoms with van der Waals surface area (Å²) in [5.74, 6) is 5.27. The molecule has 3 N–H and O–H groups in total. The van der Waals surface area contributed by atoms with E-state index in [1.165, 1.54) is 4.90 Å². The Morgan fingerprint density at radius 1 is 1.41 bits per heavy atom. The van der Waals surface area contributed by atoms with Gasteiger partial charge in [0.1, 0.15) is 11.4 Å². The molecule has 1 aliphatic heterocycles. The van der Waals surface area contributed by atoms with Crippen molar-refractivity contribution in [2.45, 2.75) is 25.4 Å². The largest absolute Gasteiger partial charge is 0.496 e. The third kappa shape index (κ3) is 3.93. The third-order valence-electron chi connectivity index (χ3n) is 4.95. The van der Waals surface area contributed by atoms with Crippen LogP contribution < -0.4 is 10.5 Å². The molecule has 150 valence electrons. The van der Waals surface area contributed by atoms with Gasteiger partial charge in [-0.15, -0.1) is 0 Å². The molecular formula is C22H23N3O4. The highest BCUT2D eigenvalue weighted by Gasteiger charge is 2.42. The van der Waals surface area contributed by atoms with Crippen LogP contribution >= 0.6 is 0 Å². The number of likely N-dealkylation sites (N-methyl/N-ethyl adjacent to an activating group) is 1. The van der Waals surface area contributed by atoms with E-state index < -0.39 is 17.4 Å². The highest BCUT2D eigenvalue weighted by Crippen LogP contribution is 2.34. The van der Waals surface area contributed by atoms with Crippen molar-refractivity contribution in [3.05, 3.63) is 47.2 Å². The predicted octanol–water partition coefficient (Wildman–Crippen LogP) is 1.36. The smallest absolute Gasteiger partial charge is 0.267 e. The van der Waals surface area contributed by atoms with E-state index in [0.29, 0.717) is 35.5 Å². The average molecular weight is 393 g/mol. The zero-order valence-corrected chi connectivity index (χ0v) is 16.7. The van der Waals surface area contributed by atoms with Gasteiger partial charge in [-0.1, -0.05) is 24.8 Å². The van der Waals surface area contributed by atoms with Gasteiger partial charge in [0.15, 0.2) is 0 Å². The van der Waals surface area contributed by atoms with E-state index in [1.54, 1.807) is 38.4 Å². The Hall–Kier alpha value is -3.37. The van der Waals surface area contributed by atoms with E-state index in [9.17, 15) is 14.7 Å². The molecule has 0 spiro atoms. The van der Waals surface area contributed by atoms with Crippen LogP contribution in [0.4, 0.5) is 0 Å². The molecule has 1 unspecified atom stereocenters. The van der Waals surface area contributed by atoms with Crippen molar-refractivity contribution in [3.8, 4) is 28.8 Å². The van der Waals surface area contributed by atoms with Crippen molar-refractivity contribution in [3.63, 3.8) is 0 Å². The van der Waals surface area contributed by atoms with Crippen molar-refractivity contribution < 1.29 is 19.4 Å². The minimum atomic E-state index is -1.68. The van der Waals surface area contributed by atoms with Gasteiger partial charge < -0.3 is 20.5 Å². The normalized spacial score (nSPS) is 18.3. The molecule has 0 saturated carbocycles. The zero-order chi connectivity index (χ0) is 21.2. The van der Waals surface area contributed by atoms with Gasteiger partial charge in [0.25, 0.3) is 11.8 Å². The molecule has 1 atom stereocenters. The van der Waals surface area contributed by atoms with Crippen molar-refractivity contribution in [1.82, 2.24) is 9.88 Å². The van der Waals surface area contributed by atoms with E-state index in [4.69, 9.17) is 10.5 Å². The van der Waals surface area contributed by atoms with Crippen molar-refractivity contribution >= 4 is 11.8 Å². The summed E-state index contributed by atoms with van der Waals surface area (Å²) in [7, 11) is 3.21. The Balaban J connectivity index is 2.11.